The molecule has 5 nitrogen and oxygen atoms in total. The van der Waals surface area contributed by atoms with Crippen LogP contribution >= 0.6 is 11.6 Å². The van der Waals surface area contributed by atoms with Crippen LogP contribution in [0.25, 0.3) is 0 Å². The first-order chi connectivity index (χ1) is 12.5. The average Bonchev–Trinajstić information content (AvgIpc) is 2.70. The van der Waals surface area contributed by atoms with Crippen LogP contribution in [0, 0.1) is 0 Å². The molecule has 1 atom stereocenters. The van der Waals surface area contributed by atoms with Crippen LogP contribution in [0.1, 0.15) is 30.5 Å². The van der Waals surface area contributed by atoms with E-state index in [4.69, 9.17) is 16.3 Å². The van der Waals surface area contributed by atoms with Gasteiger partial charge in [0, 0.05) is 25.3 Å². The number of halogens is 1. The summed E-state index contributed by atoms with van der Waals surface area (Å²) in [6.45, 7) is 4.04. The van der Waals surface area contributed by atoms with E-state index in [-0.39, 0.29) is 10.9 Å². The number of fused-ring (bicyclic) bond motifs is 2. The maximum absolute atomic E-state index is 13.1. The Kier molecular flexibility index (Phi) is 5.87. The second-order valence-corrected chi connectivity index (χ2v) is 8.53. The first-order valence-electron chi connectivity index (χ1n) is 8.65. The predicted molar refractivity (Wildman–Crippen MR) is 104 cm³/mol. The van der Waals surface area contributed by atoms with Crippen molar-refractivity contribution in [2.75, 3.05) is 31.1 Å². The van der Waals surface area contributed by atoms with Crippen molar-refractivity contribution >= 4 is 27.3 Å². The molecule has 7 heteroatoms. The van der Waals surface area contributed by atoms with Gasteiger partial charge in [0.05, 0.1) is 16.6 Å². The highest BCUT2D eigenvalue weighted by Crippen LogP contribution is 2.40. The summed E-state index contributed by atoms with van der Waals surface area (Å²) in [4.78, 5) is 0.242. The molecule has 0 spiro atoms. The van der Waals surface area contributed by atoms with Crippen molar-refractivity contribution in [3.63, 3.8) is 0 Å². The standard InChI is InChI=1S/C19H23ClN2O3S/c1-3-25-12-6-11-21-19-15-7-4-5-8-17(15)22(2)26(23,24)18-13-14(20)9-10-16(18)19/h4-5,7-10,13,19,21H,3,6,11-12H2,1-2H3. The normalized spacial score (nSPS) is 18.1. The number of sulfonamides is 1. The molecule has 1 aliphatic heterocycles. The maximum Gasteiger partial charge on any atom is 0.264 e. The average molecular weight is 395 g/mol. The Balaban J connectivity index is 2.07. The van der Waals surface area contributed by atoms with Gasteiger partial charge in [-0.2, -0.15) is 0 Å². The van der Waals surface area contributed by atoms with Crippen molar-refractivity contribution in [2.24, 2.45) is 0 Å². The summed E-state index contributed by atoms with van der Waals surface area (Å²) in [6, 6.07) is 12.4. The third-order valence-corrected chi connectivity index (χ3v) is 6.59. The van der Waals surface area contributed by atoms with E-state index in [9.17, 15) is 8.42 Å². The number of hydrogen-bond donors (Lipinski definition) is 1. The molecule has 0 saturated heterocycles. The highest BCUT2D eigenvalue weighted by Gasteiger charge is 2.34. The van der Waals surface area contributed by atoms with Crippen molar-refractivity contribution in [1.29, 1.82) is 0 Å². The summed E-state index contributed by atoms with van der Waals surface area (Å²) in [5.74, 6) is 0. The zero-order valence-electron chi connectivity index (χ0n) is 14.9. The molecule has 0 aromatic heterocycles. The summed E-state index contributed by atoms with van der Waals surface area (Å²) in [6.07, 6.45) is 0.845. The van der Waals surface area contributed by atoms with Gasteiger partial charge in [-0.3, -0.25) is 4.31 Å². The Morgan fingerprint density at radius 1 is 1.19 bits per heavy atom. The molecule has 3 rings (SSSR count). The number of hydrogen-bond acceptors (Lipinski definition) is 4. The van der Waals surface area contributed by atoms with Gasteiger partial charge < -0.3 is 10.1 Å². The molecule has 1 N–H and O–H groups in total. The third kappa shape index (κ3) is 3.60. The minimum atomic E-state index is -3.68. The minimum absolute atomic E-state index is 0.236. The SMILES string of the molecule is CCOCCCNC1c2ccccc2N(C)S(=O)(=O)c2cc(Cl)ccc21. The molecule has 0 radical (unpaired) electrons. The van der Waals surface area contributed by atoms with Gasteiger partial charge in [0.2, 0.25) is 0 Å². The van der Waals surface area contributed by atoms with E-state index in [0.29, 0.717) is 36.0 Å². The van der Waals surface area contributed by atoms with Crippen molar-refractivity contribution in [1.82, 2.24) is 5.32 Å². The Bertz CT molecular complexity index is 886. The van der Waals surface area contributed by atoms with Gasteiger partial charge in [-0.15, -0.1) is 0 Å². The summed E-state index contributed by atoms with van der Waals surface area (Å²) in [5, 5.41) is 3.90. The second-order valence-electron chi connectivity index (χ2n) is 6.15. The predicted octanol–water partition coefficient (Wildman–Crippen LogP) is 3.58. The van der Waals surface area contributed by atoms with Crippen molar-refractivity contribution in [3.8, 4) is 0 Å². The molecule has 1 heterocycles. The lowest BCUT2D eigenvalue weighted by Gasteiger charge is -2.22. The van der Waals surface area contributed by atoms with E-state index in [2.05, 4.69) is 5.32 Å². The van der Waals surface area contributed by atoms with Crippen molar-refractivity contribution < 1.29 is 13.2 Å². The fourth-order valence-electron chi connectivity index (χ4n) is 3.22. The Morgan fingerprint density at radius 2 is 1.96 bits per heavy atom. The van der Waals surface area contributed by atoms with Gasteiger partial charge in [-0.1, -0.05) is 35.9 Å². The van der Waals surface area contributed by atoms with Gasteiger partial charge in [-0.25, -0.2) is 8.42 Å². The molecule has 1 aliphatic rings. The lowest BCUT2D eigenvalue weighted by molar-refractivity contribution is 0.144. The second kappa shape index (κ2) is 7.96. The molecule has 0 aliphatic carbocycles. The van der Waals surface area contributed by atoms with E-state index < -0.39 is 10.0 Å². The zero-order valence-corrected chi connectivity index (χ0v) is 16.5. The fourth-order valence-corrected chi connectivity index (χ4v) is 4.93. The van der Waals surface area contributed by atoms with Gasteiger partial charge in [0.25, 0.3) is 10.0 Å². The quantitative estimate of drug-likeness (QED) is 0.761. The monoisotopic (exact) mass is 394 g/mol. The summed E-state index contributed by atoms with van der Waals surface area (Å²) >= 11 is 6.11. The Morgan fingerprint density at radius 3 is 2.73 bits per heavy atom. The fraction of sp³-hybridized carbons (Fsp3) is 0.368. The summed E-state index contributed by atoms with van der Waals surface area (Å²) < 4.78 is 33.0. The molecular weight excluding hydrogens is 372 g/mol. The number of ether oxygens (including phenoxy) is 1. The highest BCUT2D eigenvalue weighted by atomic mass is 35.5. The largest absolute Gasteiger partial charge is 0.382 e. The van der Waals surface area contributed by atoms with Crippen molar-refractivity contribution in [3.05, 3.63) is 58.6 Å². The molecule has 0 saturated carbocycles. The van der Waals surface area contributed by atoms with Crippen LogP contribution in [0.4, 0.5) is 5.69 Å². The number of para-hydroxylation sites is 1. The highest BCUT2D eigenvalue weighted by molar-refractivity contribution is 7.92. The van der Waals surface area contributed by atoms with Gasteiger partial charge in [0.15, 0.2) is 0 Å². The first-order valence-corrected chi connectivity index (χ1v) is 10.5. The molecule has 140 valence electrons. The number of rotatable bonds is 6. The number of nitrogens with zero attached hydrogens (tertiary/aromatic N) is 1. The van der Waals surface area contributed by atoms with Crippen LogP contribution in [-0.4, -0.2) is 35.2 Å². The van der Waals surface area contributed by atoms with Crippen LogP contribution < -0.4 is 9.62 Å². The van der Waals surface area contributed by atoms with Crippen LogP contribution in [-0.2, 0) is 14.8 Å². The van der Waals surface area contributed by atoms with Gasteiger partial charge in [-0.05, 0) is 49.2 Å². The molecule has 0 fully saturated rings. The molecule has 0 bridgehead atoms. The van der Waals surface area contributed by atoms with Crippen molar-refractivity contribution in [2.45, 2.75) is 24.3 Å². The smallest absolute Gasteiger partial charge is 0.264 e. The zero-order chi connectivity index (χ0) is 18.7. The van der Waals surface area contributed by atoms with Gasteiger partial charge in [0.1, 0.15) is 0 Å². The van der Waals surface area contributed by atoms with E-state index in [1.807, 2.05) is 31.2 Å². The third-order valence-electron chi connectivity index (χ3n) is 4.53. The lowest BCUT2D eigenvalue weighted by Crippen LogP contribution is -2.26. The van der Waals surface area contributed by atoms with E-state index in [0.717, 1.165) is 12.0 Å². The number of benzene rings is 2. The molecule has 2 aromatic rings. The summed E-state index contributed by atoms with van der Waals surface area (Å²) in [5.41, 5.74) is 2.31. The first kappa shape index (κ1) is 19.2. The minimum Gasteiger partial charge on any atom is -0.382 e. The van der Waals surface area contributed by atoms with Crippen LogP contribution in [0.15, 0.2) is 47.4 Å². The van der Waals surface area contributed by atoms with Gasteiger partial charge >= 0.3 is 0 Å². The molecule has 1 unspecified atom stereocenters. The Labute approximate surface area is 160 Å². The lowest BCUT2D eigenvalue weighted by atomic mass is 9.97. The van der Waals surface area contributed by atoms with Crippen LogP contribution in [0.2, 0.25) is 5.02 Å². The van der Waals surface area contributed by atoms with E-state index in [1.165, 1.54) is 10.4 Å². The topological polar surface area (TPSA) is 58.6 Å². The summed E-state index contributed by atoms with van der Waals surface area (Å²) in [7, 11) is -2.10. The number of nitrogens with one attached hydrogen (secondary N) is 1. The molecule has 2 aromatic carbocycles. The van der Waals surface area contributed by atoms with Crippen LogP contribution in [0.3, 0.4) is 0 Å². The molecule has 0 amide bonds. The maximum atomic E-state index is 13.1. The van der Waals surface area contributed by atoms with Crippen LogP contribution in [0.5, 0.6) is 0 Å². The Hall–Kier alpha value is -1.60. The number of anilines is 1. The molecular formula is C19H23ClN2O3S. The molecule has 26 heavy (non-hydrogen) atoms. The van der Waals surface area contributed by atoms with E-state index in [1.54, 1.807) is 19.2 Å². The van der Waals surface area contributed by atoms with E-state index >= 15 is 0 Å².